The third kappa shape index (κ3) is 7.29. The predicted molar refractivity (Wildman–Crippen MR) is 190 cm³/mol. The minimum Gasteiger partial charge on any atom is -0.465 e. The Morgan fingerprint density at radius 1 is 1.04 bits per heavy atom. The van der Waals surface area contributed by atoms with E-state index in [0.29, 0.717) is 59.5 Å². The smallest absolute Gasteiger partial charge is 0.407 e. The van der Waals surface area contributed by atoms with E-state index < -0.39 is 18.0 Å². The average molecular weight is 705 g/mol. The maximum atomic E-state index is 14.1. The summed E-state index contributed by atoms with van der Waals surface area (Å²) in [6.45, 7) is 0.364. The Bertz CT molecular complexity index is 2240. The van der Waals surface area contributed by atoms with Crippen molar-refractivity contribution in [2.75, 3.05) is 17.2 Å². The van der Waals surface area contributed by atoms with Crippen LogP contribution in [-0.4, -0.2) is 48.7 Å². The minimum absolute atomic E-state index is 0.0615. The number of carbonyl (C=O) groups is 1. The number of nitrogens with one attached hydrogen (secondary N) is 2. The first-order valence-corrected chi connectivity index (χ1v) is 16.7. The van der Waals surface area contributed by atoms with Crippen molar-refractivity contribution in [3.63, 3.8) is 0 Å². The zero-order valence-electron chi connectivity index (χ0n) is 27.0. The molecule has 10 nitrogen and oxygen atoms in total. The van der Waals surface area contributed by atoms with E-state index in [1.54, 1.807) is 16.8 Å². The SMILES string of the molecule is N#Cc1cnc2ccc(NC(c3ccc(F)cc3)c3cn(C4CCN(C(=O)O)C(Cc5ccccc5)C4)nn3)cc2c1Nc1ccc(F)c(Cl)c1. The fourth-order valence-electron chi connectivity index (χ4n) is 6.57. The number of hydrogen-bond acceptors (Lipinski definition) is 7. The van der Waals surface area contributed by atoms with E-state index in [0.717, 1.165) is 11.1 Å². The number of fused-ring (bicyclic) bond motifs is 1. The summed E-state index contributed by atoms with van der Waals surface area (Å²) in [6.07, 6.45) is 4.09. The molecule has 0 spiro atoms. The lowest BCUT2D eigenvalue weighted by atomic mass is 9.92. The fraction of sp³-hybridized carbons (Fsp3) is 0.184. The number of aromatic nitrogens is 4. The molecule has 0 aliphatic carbocycles. The highest BCUT2D eigenvalue weighted by molar-refractivity contribution is 6.31. The van der Waals surface area contributed by atoms with Crippen LogP contribution in [0.1, 0.15) is 47.3 Å². The molecule has 1 amide bonds. The van der Waals surface area contributed by atoms with Gasteiger partial charge in [0.15, 0.2) is 0 Å². The second-order valence-electron chi connectivity index (χ2n) is 12.4. The van der Waals surface area contributed by atoms with Crippen LogP contribution in [0.2, 0.25) is 5.02 Å². The van der Waals surface area contributed by atoms with Gasteiger partial charge in [-0.05, 0) is 78.9 Å². The Morgan fingerprint density at radius 3 is 2.57 bits per heavy atom. The van der Waals surface area contributed by atoms with Crippen LogP contribution < -0.4 is 10.6 Å². The lowest BCUT2D eigenvalue weighted by molar-refractivity contribution is 0.0887. The van der Waals surface area contributed by atoms with Gasteiger partial charge in [-0.3, -0.25) is 4.98 Å². The zero-order valence-corrected chi connectivity index (χ0v) is 27.8. The average Bonchev–Trinajstić information content (AvgIpc) is 3.63. The molecular formula is C38H31ClF2N8O2. The largest absolute Gasteiger partial charge is 0.465 e. The Morgan fingerprint density at radius 2 is 1.82 bits per heavy atom. The third-order valence-corrected chi connectivity index (χ3v) is 9.43. The van der Waals surface area contributed by atoms with Crippen LogP contribution >= 0.6 is 11.6 Å². The molecule has 7 rings (SSSR count). The number of amides is 1. The van der Waals surface area contributed by atoms with Crippen molar-refractivity contribution in [1.82, 2.24) is 24.9 Å². The molecule has 4 aromatic carbocycles. The summed E-state index contributed by atoms with van der Waals surface area (Å²) in [5.74, 6) is -0.941. The number of hydrogen-bond donors (Lipinski definition) is 3. The van der Waals surface area contributed by atoms with Crippen molar-refractivity contribution in [2.45, 2.75) is 37.4 Å². The maximum Gasteiger partial charge on any atom is 0.407 e. The van der Waals surface area contributed by atoms with Crippen molar-refractivity contribution in [2.24, 2.45) is 0 Å². The molecule has 3 heterocycles. The Balaban J connectivity index is 1.20. The molecule has 1 aliphatic heterocycles. The molecular weight excluding hydrogens is 674 g/mol. The molecule has 3 atom stereocenters. The molecule has 3 N–H and O–H groups in total. The topological polar surface area (TPSA) is 132 Å². The Labute approximate surface area is 296 Å². The van der Waals surface area contributed by atoms with Gasteiger partial charge in [-0.15, -0.1) is 5.10 Å². The zero-order chi connectivity index (χ0) is 35.5. The highest BCUT2D eigenvalue weighted by atomic mass is 35.5. The number of anilines is 3. The number of carboxylic acid groups (broad SMARTS) is 1. The minimum atomic E-state index is -0.943. The van der Waals surface area contributed by atoms with Gasteiger partial charge in [0.05, 0.1) is 40.1 Å². The van der Waals surface area contributed by atoms with E-state index in [2.05, 4.69) is 32.0 Å². The number of piperidine rings is 1. The predicted octanol–water partition coefficient (Wildman–Crippen LogP) is 8.50. The molecule has 1 fully saturated rings. The molecule has 1 aliphatic rings. The molecule has 1 saturated heterocycles. The summed E-state index contributed by atoms with van der Waals surface area (Å²) < 4.78 is 29.7. The third-order valence-electron chi connectivity index (χ3n) is 9.14. The van der Waals surface area contributed by atoms with E-state index in [4.69, 9.17) is 11.6 Å². The summed E-state index contributed by atoms with van der Waals surface area (Å²) in [6, 6.07) is 26.9. The van der Waals surface area contributed by atoms with E-state index in [9.17, 15) is 23.9 Å². The lowest BCUT2D eigenvalue weighted by Crippen LogP contribution is -2.47. The molecule has 13 heteroatoms. The lowest BCUT2D eigenvalue weighted by Gasteiger charge is -2.37. The van der Waals surface area contributed by atoms with Gasteiger partial charge in [-0.2, -0.15) is 5.26 Å². The van der Waals surface area contributed by atoms with Crippen LogP contribution in [0.5, 0.6) is 0 Å². The number of likely N-dealkylation sites (tertiary alicyclic amines) is 1. The van der Waals surface area contributed by atoms with E-state index >= 15 is 0 Å². The van der Waals surface area contributed by atoms with Gasteiger partial charge in [0.1, 0.15) is 23.4 Å². The second kappa shape index (κ2) is 14.4. The van der Waals surface area contributed by atoms with Crippen LogP contribution in [0.25, 0.3) is 10.9 Å². The van der Waals surface area contributed by atoms with Gasteiger partial charge in [0, 0.05) is 35.5 Å². The maximum absolute atomic E-state index is 14.1. The number of pyridine rings is 1. The van der Waals surface area contributed by atoms with Crippen LogP contribution in [0.15, 0.2) is 103 Å². The fourth-order valence-corrected chi connectivity index (χ4v) is 6.75. The van der Waals surface area contributed by atoms with Crippen molar-refractivity contribution >= 4 is 45.7 Å². The quantitative estimate of drug-likeness (QED) is 0.137. The highest BCUT2D eigenvalue weighted by Crippen LogP contribution is 2.35. The van der Waals surface area contributed by atoms with Crippen molar-refractivity contribution in [1.29, 1.82) is 5.26 Å². The van der Waals surface area contributed by atoms with E-state index in [-0.39, 0.29) is 28.5 Å². The number of halogens is 3. The van der Waals surface area contributed by atoms with Crippen LogP contribution in [0, 0.1) is 23.0 Å². The van der Waals surface area contributed by atoms with Gasteiger partial charge in [-0.1, -0.05) is 59.3 Å². The van der Waals surface area contributed by atoms with E-state index in [1.807, 2.05) is 54.7 Å². The van der Waals surface area contributed by atoms with Crippen LogP contribution in [-0.2, 0) is 6.42 Å². The normalized spacial score (nSPS) is 16.4. The molecule has 6 aromatic rings. The van der Waals surface area contributed by atoms with Crippen LogP contribution in [0.3, 0.4) is 0 Å². The van der Waals surface area contributed by atoms with Gasteiger partial charge >= 0.3 is 6.09 Å². The number of nitriles is 1. The summed E-state index contributed by atoms with van der Waals surface area (Å²) in [4.78, 5) is 18.1. The van der Waals surface area contributed by atoms with Gasteiger partial charge < -0.3 is 20.6 Å². The molecule has 0 saturated carbocycles. The summed E-state index contributed by atoms with van der Waals surface area (Å²) in [5, 5.41) is 36.2. The molecule has 51 heavy (non-hydrogen) atoms. The molecule has 0 bridgehead atoms. The van der Waals surface area contributed by atoms with Gasteiger partial charge in [0.2, 0.25) is 0 Å². The Kier molecular flexibility index (Phi) is 9.46. The van der Waals surface area contributed by atoms with Gasteiger partial charge in [0.25, 0.3) is 0 Å². The molecule has 0 radical (unpaired) electrons. The Hall–Kier alpha value is -6.06. The summed E-state index contributed by atoms with van der Waals surface area (Å²) in [5.41, 5.74) is 4.86. The summed E-state index contributed by atoms with van der Waals surface area (Å²) >= 11 is 6.03. The van der Waals surface area contributed by atoms with Crippen molar-refractivity contribution in [3.05, 3.63) is 142 Å². The van der Waals surface area contributed by atoms with Crippen LogP contribution in [0.4, 0.5) is 30.6 Å². The highest BCUT2D eigenvalue weighted by Gasteiger charge is 2.33. The standard InChI is InChI=1S/C38H31ClF2N8O2/c39-32-18-28(10-12-33(32)41)44-36-25(20-42)21-43-34-13-11-27(17-31(34)36)45-37(24-6-8-26(40)9-7-24)35-22-49(47-46-35)29-14-15-48(38(50)51)30(19-29)16-23-4-2-1-3-5-23/h1-13,17-18,21-22,29-30,37,45H,14-16,19H2,(H,43,44)(H,50,51). The molecule has 2 aromatic heterocycles. The van der Waals surface area contributed by atoms with E-state index in [1.165, 1.54) is 41.4 Å². The molecule has 3 unspecified atom stereocenters. The van der Waals surface area contributed by atoms with Crippen molar-refractivity contribution < 1.29 is 18.7 Å². The second-order valence-corrected chi connectivity index (χ2v) is 12.8. The first-order chi connectivity index (χ1) is 24.7. The number of nitrogens with zero attached hydrogens (tertiary/aromatic N) is 6. The number of benzene rings is 4. The summed E-state index contributed by atoms with van der Waals surface area (Å²) in [7, 11) is 0. The first-order valence-electron chi connectivity index (χ1n) is 16.3. The number of rotatable bonds is 9. The van der Waals surface area contributed by atoms with Gasteiger partial charge in [-0.25, -0.2) is 18.3 Å². The van der Waals surface area contributed by atoms with Crippen molar-refractivity contribution in [3.8, 4) is 6.07 Å². The first kappa shape index (κ1) is 33.4. The monoisotopic (exact) mass is 704 g/mol. The molecule has 256 valence electrons.